The van der Waals surface area contributed by atoms with Crippen LogP contribution in [0.2, 0.25) is 0 Å². The first-order chi connectivity index (χ1) is 6.31. The predicted octanol–water partition coefficient (Wildman–Crippen LogP) is -0.501. The lowest BCUT2D eigenvalue weighted by Gasteiger charge is -2.10. The molecule has 1 aromatic heterocycles. The van der Waals surface area contributed by atoms with Gasteiger partial charge in [-0.1, -0.05) is 5.43 Å². The van der Waals surface area contributed by atoms with Gasteiger partial charge in [-0.3, -0.25) is 4.98 Å². The minimum atomic E-state index is 0.252. The SMILES string of the molecule is NN=C1N[N+](=O)Cc2cnccc21. The molecule has 0 amide bonds. The first-order valence-corrected chi connectivity index (χ1v) is 3.73. The van der Waals surface area contributed by atoms with E-state index in [0.717, 1.165) is 11.1 Å². The second-order valence-electron chi connectivity index (χ2n) is 2.66. The minimum absolute atomic E-state index is 0.252. The summed E-state index contributed by atoms with van der Waals surface area (Å²) in [5, 5.41) is 3.48. The molecular formula is C7H8N5O+. The fourth-order valence-corrected chi connectivity index (χ4v) is 1.26. The van der Waals surface area contributed by atoms with Crippen LogP contribution in [-0.4, -0.2) is 15.7 Å². The molecule has 0 aromatic carbocycles. The summed E-state index contributed by atoms with van der Waals surface area (Å²) in [6, 6.07) is 1.76. The maximum absolute atomic E-state index is 11.0. The van der Waals surface area contributed by atoms with Gasteiger partial charge in [-0.05, 0) is 6.07 Å². The van der Waals surface area contributed by atoms with Crippen molar-refractivity contribution < 1.29 is 4.87 Å². The number of hydrogen-bond donors (Lipinski definition) is 2. The molecule has 0 aliphatic carbocycles. The van der Waals surface area contributed by atoms with Gasteiger partial charge in [-0.25, -0.2) is 0 Å². The van der Waals surface area contributed by atoms with Crippen molar-refractivity contribution >= 4 is 5.84 Å². The topological polar surface area (TPSA) is 83.4 Å². The molecular weight excluding hydrogens is 170 g/mol. The van der Waals surface area contributed by atoms with Gasteiger partial charge in [-0.15, -0.1) is 0 Å². The molecule has 3 N–H and O–H groups in total. The van der Waals surface area contributed by atoms with Crippen LogP contribution in [0.4, 0.5) is 0 Å². The van der Waals surface area contributed by atoms with Gasteiger partial charge in [0.2, 0.25) is 5.84 Å². The number of nitrogens with one attached hydrogen (secondary N) is 1. The molecule has 6 heteroatoms. The number of pyridine rings is 1. The number of nitrogens with zero attached hydrogens (tertiary/aromatic N) is 3. The third kappa shape index (κ3) is 1.22. The zero-order valence-corrected chi connectivity index (χ0v) is 6.77. The Balaban J connectivity index is 2.55. The van der Waals surface area contributed by atoms with E-state index in [1.165, 1.54) is 0 Å². The molecule has 0 atom stereocenters. The largest absolute Gasteiger partial charge is 0.321 e. The van der Waals surface area contributed by atoms with Gasteiger partial charge in [0.15, 0.2) is 0 Å². The molecule has 0 saturated heterocycles. The highest BCUT2D eigenvalue weighted by molar-refractivity contribution is 5.99. The van der Waals surface area contributed by atoms with E-state index in [4.69, 9.17) is 5.84 Å². The van der Waals surface area contributed by atoms with Gasteiger partial charge in [0.25, 0.3) is 6.54 Å². The Morgan fingerprint density at radius 1 is 1.69 bits per heavy atom. The second kappa shape index (κ2) is 2.81. The molecule has 2 rings (SSSR count). The van der Waals surface area contributed by atoms with Crippen molar-refractivity contribution in [1.29, 1.82) is 0 Å². The molecule has 6 nitrogen and oxygen atoms in total. The van der Waals surface area contributed by atoms with Crippen LogP contribution in [-0.2, 0) is 6.54 Å². The fraction of sp³-hybridized carbons (Fsp3) is 0.143. The molecule has 0 unspecified atom stereocenters. The van der Waals surface area contributed by atoms with E-state index in [2.05, 4.69) is 15.5 Å². The fourth-order valence-electron chi connectivity index (χ4n) is 1.26. The standard InChI is InChI=1S/C7H8N5O/c8-10-7-6-1-2-9-3-5(6)4-12(13)11-7/h1-3H,4,8H2,(H,10,11,13)/q+1. The van der Waals surface area contributed by atoms with Crippen molar-refractivity contribution in [2.45, 2.75) is 6.54 Å². The molecule has 0 bridgehead atoms. The number of amidine groups is 1. The highest BCUT2D eigenvalue weighted by Gasteiger charge is 2.25. The van der Waals surface area contributed by atoms with E-state index in [-0.39, 0.29) is 6.54 Å². The van der Waals surface area contributed by atoms with Crippen molar-refractivity contribution in [2.24, 2.45) is 10.9 Å². The van der Waals surface area contributed by atoms with Crippen LogP contribution >= 0.6 is 0 Å². The molecule has 0 radical (unpaired) electrons. The highest BCUT2D eigenvalue weighted by Crippen LogP contribution is 2.11. The van der Waals surface area contributed by atoms with Crippen LogP contribution in [0.25, 0.3) is 0 Å². The summed E-state index contributed by atoms with van der Waals surface area (Å²) in [7, 11) is 0. The smallest absolute Gasteiger partial charge is 0.252 e. The van der Waals surface area contributed by atoms with E-state index < -0.39 is 0 Å². The molecule has 0 spiro atoms. The number of aromatic nitrogens is 1. The Kier molecular flexibility index (Phi) is 1.66. The third-order valence-electron chi connectivity index (χ3n) is 1.83. The first kappa shape index (κ1) is 7.66. The summed E-state index contributed by atoms with van der Waals surface area (Å²) >= 11 is 0. The Hall–Kier alpha value is -1.98. The molecule has 2 heterocycles. The van der Waals surface area contributed by atoms with Gasteiger partial charge in [0, 0.05) is 18.0 Å². The molecule has 1 aromatic rings. The Bertz CT molecular complexity index is 386. The van der Waals surface area contributed by atoms with Crippen molar-refractivity contribution in [3.8, 4) is 0 Å². The average molecular weight is 178 g/mol. The van der Waals surface area contributed by atoms with E-state index in [1.807, 2.05) is 0 Å². The molecule has 13 heavy (non-hydrogen) atoms. The van der Waals surface area contributed by atoms with Gasteiger partial charge < -0.3 is 5.84 Å². The van der Waals surface area contributed by atoms with Crippen molar-refractivity contribution in [1.82, 2.24) is 10.4 Å². The van der Waals surface area contributed by atoms with E-state index in [0.29, 0.717) is 10.7 Å². The lowest BCUT2D eigenvalue weighted by molar-refractivity contribution is -0.608. The first-order valence-electron chi connectivity index (χ1n) is 3.73. The van der Waals surface area contributed by atoms with Crippen molar-refractivity contribution in [2.75, 3.05) is 0 Å². The monoisotopic (exact) mass is 178 g/mol. The third-order valence-corrected chi connectivity index (χ3v) is 1.83. The normalized spacial score (nSPS) is 18.2. The number of rotatable bonds is 0. The van der Waals surface area contributed by atoms with Crippen LogP contribution in [0.3, 0.4) is 0 Å². The van der Waals surface area contributed by atoms with Crippen LogP contribution in [0.15, 0.2) is 23.6 Å². The summed E-state index contributed by atoms with van der Waals surface area (Å²) in [4.78, 5) is 15.6. The summed E-state index contributed by atoms with van der Waals surface area (Å²) in [6.45, 7) is 0.252. The number of nitroso groups, excluding NO2 is 1. The average Bonchev–Trinajstić information content (AvgIpc) is 2.16. The van der Waals surface area contributed by atoms with E-state index in [9.17, 15) is 4.91 Å². The number of nitrogens with two attached hydrogens (primary N) is 1. The molecule has 66 valence electrons. The molecule has 0 saturated carbocycles. The zero-order chi connectivity index (χ0) is 9.26. The summed E-state index contributed by atoms with van der Waals surface area (Å²) in [6.07, 6.45) is 3.26. The van der Waals surface area contributed by atoms with Crippen LogP contribution in [0.5, 0.6) is 0 Å². The van der Waals surface area contributed by atoms with Gasteiger partial charge in [0.05, 0.1) is 10.5 Å². The number of hydrazine groups is 1. The number of hydrogen-bond acceptors (Lipinski definition) is 4. The summed E-state index contributed by atoms with van der Waals surface area (Å²) in [5.74, 6) is 5.49. The predicted molar refractivity (Wildman–Crippen MR) is 45.4 cm³/mol. The lowest BCUT2D eigenvalue weighted by atomic mass is 10.1. The zero-order valence-electron chi connectivity index (χ0n) is 6.77. The number of hydrazone groups is 1. The maximum Gasteiger partial charge on any atom is 0.252 e. The lowest BCUT2D eigenvalue weighted by Crippen LogP contribution is -2.39. The quantitative estimate of drug-likeness (QED) is 0.318. The van der Waals surface area contributed by atoms with Crippen molar-refractivity contribution in [3.05, 3.63) is 34.5 Å². The minimum Gasteiger partial charge on any atom is -0.321 e. The van der Waals surface area contributed by atoms with E-state index in [1.54, 1.807) is 18.5 Å². The van der Waals surface area contributed by atoms with Crippen LogP contribution in [0, 0.1) is 4.91 Å². The maximum atomic E-state index is 11.0. The van der Waals surface area contributed by atoms with Crippen LogP contribution < -0.4 is 11.3 Å². The highest BCUT2D eigenvalue weighted by atomic mass is 16.3. The Labute approximate surface area is 74.0 Å². The summed E-state index contributed by atoms with van der Waals surface area (Å²) in [5.41, 5.74) is 4.14. The van der Waals surface area contributed by atoms with Crippen LogP contribution in [0.1, 0.15) is 11.1 Å². The summed E-state index contributed by atoms with van der Waals surface area (Å²) < 4.78 is 0. The Morgan fingerprint density at radius 2 is 2.54 bits per heavy atom. The van der Waals surface area contributed by atoms with Gasteiger partial charge >= 0.3 is 0 Å². The molecule has 1 aliphatic heterocycles. The molecule has 1 aliphatic rings. The number of fused-ring (bicyclic) bond motifs is 1. The van der Waals surface area contributed by atoms with Gasteiger partial charge in [-0.2, -0.15) is 5.10 Å². The van der Waals surface area contributed by atoms with E-state index >= 15 is 0 Å². The Morgan fingerprint density at radius 3 is 3.31 bits per heavy atom. The second-order valence-corrected chi connectivity index (χ2v) is 2.66. The van der Waals surface area contributed by atoms with Gasteiger partial charge in [0.1, 0.15) is 4.87 Å². The van der Waals surface area contributed by atoms with Crippen molar-refractivity contribution in [3.63, 3.8) is 0 Å². The molecule has 0 fully saturated rings.